The molecule has 0 bridgehead atoms. The number of carbonyl (C=O) groups excluding carboxylic acids is 2. The van der Waals surface area contributed by atoms with Crippen molar-refractivity contribution in [3.05, 3.63) is 99.5 Å². The predicted molar refractivity (Wildman–Crippen MR) is 112 cm³/mol. The van der Waals surface area contributed by atoms with E-state index in [9.17, 15) is 9.59 Å². The van der Waals surface area contributed by atoms with Crippen LogP contribution in [0.2, 0.25) is 0 Å². The maximum absolute atomic E-state index is 12.3. The highest BCUT2D eigenvalue weighted by Crippen LogP contribution is 2.23. The van der Waals surface area contributed by atoms with Crippen LogP contribution in [0.5, 0.6) is 5.75 Å². The Morgan fingerprint density at radius 2 is 1.71 bits per heavy atom. The molecule has 0 radical (unpaired) electrons. The van der Waals surface area contributed by atoms with Crippen molar-refractivity contribution in [3.63, 3.8) is 0 Å². The highest BCUT2D eigenvalue weighted by atomic mass is 79.9. The molecule has 28 heavy (non-hydrogen) atoms. The Balaban J connectivity index is 1.74. The monoisotopic (exact) mass is 436 g/mol. The summed E-state index contributed by atoms with van der Waals surface area (Å²) in [5.74, 6) is -0.454. The summed E-state index contributed by atoms with van der Waals surface area (Å²) >= 11 is 3.38. The number of hydrogen-bond donors (Lipinski definition) is 1. The van der Waals surface area contributed by atoms with Gasteiger partial charge in [-0.05, 0) is 49.4 Å². The van der Waals surface area contributed by atoms with Crippen molar-refractivity contribution >= 4 is 34.0 Å². The molecule has 0 aromatic heterocycles. The largest absolute Gasteiger partial charge is 0.422 e. The zero-order valence-electron chi connectivity index (χ0n) is 15.1. The standard InChI is InChI=1S/C22H17BrN2O3/c1-15-6-5-9-17(12-15)21(26)25-24-14-18-13-19(23)10-11-20(18)28-22(27)16-7-3-2-4-8-16/h2-14H,1H3,(H,25,26)/b24-14+. The average molecular weight is 437 g/mol. The molecule has 3 rings (SSSR count). The summed E-state index contributed by atoms with van der Waals surface area (Å²) in [6.07, 6.45) is 1.44. The van der Waals surface area contributed by atoms with E-state index in [4.69, 9.17) is 4.74 Å². The summed E-state index contributed by atoms with van der Waals surface area (Å²) in [6, 6.07) is 21.1. The fourth-order valence-electron chi connectivity index (χ4n) is 2.46. The zero-order chi connectivity index (χ0) is 19.9. The van der Waals surface area contributed by atoms with Gasteiger partial charge in [0.05, 0.1) is 11.8 Å². The van der Waals surface area contributed by atoms with Gasteiger partial charge in [0.15, 0.2) is 0 Å². The fraction of sp³-hybridized carbons (Fsp3) is 0.0455. The molecule has 0 aliphatic rings. The third-order valence-corrected chi connectivity index (χ3v) is 4.33. The van der Waals surface area contributed by atoms with Crippen molar-refractivity contribution in [2.24, 2.45) is 5.10 Å². The van der Waals surface area contributed by atoms with Gasteiger partial charge in [-0.2, -0.15) is 5.10 Å². The lowest BCUT2D eigenvalue weighted by atomic mass is 10.1. The van der Waals surface area contributed by atoms with Crippen molar-refractivity contribution < 1.29 is 14.3 Å². The van der Waals surface area contributed by atoms with Crippen LogP contribution in [-0.2, 0) is 0 Å². The van der Waals surface area contributed by atoms with E-state index in [-0.39, 0.29) is 5.91 Å². The Bertz CT molecular complexity index is 1030. The van der Waals surface area contributed by atoms with Crippen LogP contribution in [-0.4, -0.2) is 18.1 Å². The highest BCUT2D eigenvalue weighted by Gasteiger charge is 2.11. The number of nitrogens with one attached hydrogen (secondary N) is 1. The Morgan fingerprint density at radius 1 is 0.964 bits per heavy atom. The number of benzene rings is 3. The van der Waals surface area contributed by atoms with E-state index in [0.29, 0.717) is 22.4 Å². The minimum absolute atomic E-state index is 0.322. The molecule has 0 saturated carbocycles. The number of amides is 1. The van der Waals surface area contributed by atoms with Crippen LogP contribution in [0.1, 0.15) is 31.8 Å². The maximum Gasteiger partial charge on any atom is 0.343 e. The quantitative estimate of drug-likeness (QED) is 0.271. The number of esters is 1. The van der Waals surface area contributed by atoms with Gasteiger partial charge in [0.1, 0.15) is 5.75 Å². The second-order valence-electron chi connectivity index (χ2n) is 6.01. The molecule has 1 amide bonds. The second-order valence-corrected chi connectivity index (χ2v) is 6.92. The van der Waals surface area contributed by atoms with Gasteiger partial charge in [-0.1, -0.05) is 51.8 Å². The minimum atomic E-state index is -0.471. The van der Waals surface area contributed by atoms with Gasteiger partial charge in [0, 0.05) is 15.6 Å². The predicted octanol–water partition coefficient (Wildman–Crippen LogP) is 4.74. The molecule has 0 atom stereocenters. The summed E-state index contributed by atoms with van der Waals surface area (Å²) in [5, 5.41) is 3.99. The van der Waals surface area contributed by atoms with E-state index >= 15 is 0 Å². The SMILES string of the molecule is Cc1cccc(C(=O)N/N=C/c2cc(Br)ccc2OC(=O)c2ccccc2)c1. The molecule has 0 aliphatic heterocycles. The van der Waals surface area contributed by atoms with Crippen LogP contribution in [0.25, 0.3) is 0 Å². The number of hydrogen-bond acceptors (Lipinski definition) is 4. The molecule has 3 aromatic rings. The zero-order valence-corrected chi connectivity index (χ0v) is 16.6. The van der Waals surface area contributed by atoms with Crippen LogP contribution in [0.15, 0.2) is 82.4 Å². The van der Waals surface area contributed by atoms with Crippen LogP contribution >= 0.6 is 15.9 Å². The summed E-state index contributed by atoms with van der Waals surface area (Å²) in [5.41, 5.74) is 4.97. The lowest BCUT2D eigenvalue weighted by Crippen LogP contribution is -2.17. The first-order chi connectivity index (χ1) is 13.5. The number of carbonyl (C=O) groups is 2. The lowest BCUT2D eigenvalue weighted by molar-refractivity contribution is 0.0734. The van der Waals surface area contributed by atoms with E-state index in [1.165, 1.54) is 6.21 Å². The molecule has 1 N–H and O–H groups in total. The molecule has 0 aliphatic carbocycles. The third kappa shape index (κ3) is 5.14. The molecule has 0 saturated heterocycles. The summed E-state index contributed by atoms with van der Waals surface area (Å²) in [4.78, 5) is 24.5. The maximum atomic E-state index is 12.3. The number of aryl methyl sites for hydroxylation is 1. The Kier molecular flexibility index (Phi) is 6.34. The summed E-state index contributed by atoms with van der Waals surface area (Å²) < 4.78 is 6.27. The molecular weight excluding hydrogens is 420 g/mol. The fourth-order valence-corrected chi connectivity index (χ4v) is 2.84. The van der Waals surface area contributed by atoms with E-state index in [1.807, 2.05) is 25.1 Å². The molecule has 6 heteroatoms. The molecule has 0 unspecified atom stereocenters. The number of rotatable bonds is 5. The Labute approximate surface area is 171 Å². The molecule has 3 aromatic carbocycles. The molecule has 0 fully saturated rings. The van der Waals surface area contributed by atoms with Crippen molar-refractivity contribution in [3.8, 4) is 5.75 Å². The summed E-state index contributed by atoms with van der Waals surface area (Å²) in [6.45, 7) is 1.91. The second kappa shape index (κ2) is 9.10. The van der Waals surface area contributed by atoms with Crippen molar-refractivity contribution in [2.45, 2.75) is 6.92 Å². The lowest BCUT2D eigenvalue weighted by Gasteiger charge is -2.08. The molecule has 0 spiro atoms. The smallest absolute Gasteiger partial charge is 0.343 e. The van der Waals surface area contributed by atoms with Gasteiger partial charge in [-0.3, -0.25) is 4.79 Å². The van der Waals surface area contributed by atoms with Gasteiger partial charge in [0.2, 0.25) is 0 Å². The Hall–Kier alpha value is -3.25. The summed E-state index contributed by atoms with van der Waals surface area (Å²) in [7, 11) is 0. The average Bonchev–Trinajstić information content (AvgIpc) is 2.70. The third-order valence-electron chi connectivity index (χ3n) is 3.83. The van der Waals surface area contributed by atoms with Gasteiger partial charge in [0.25, 0.3) is 5.91 Å². The van der Waals surface area contributed by atoms with Crippen molar-refractivity contribution in [1.82, 2.24) is 5.43 Å². The van der Waals surface area contributed by atoms with E-state index in [0.717, 1.165) is 10.0 Å². The number of nitrogens with zero attached hydrogens (tertiary/aromatic N) is 1. The first-order valence-corrected chi connectivity index (χ1v) is 9.29. The molecule has 0 heterocycles. The van der Waals surface area contributed by atoms with E-state index in [2.05, 4.69) is 26.5 Å². The highest BCUT2D eigenvalue weighted by molar-refractivity contribution is 9.10. The number of halogens is 1. The van der Waals surface area contributed by atoms with Gasteiger partial charge >= 0.3 is 5.97 Å². The van der Waals surface area contributed by atoms with Gasteiger partial charge in [-0.25, -0.2) is 10.2 Å². The van der Waals surface area contributed by atoms with Crippen molar-refractivity contribution in [1.29, 1.82) is 0 Å². The first kappa shape index (κ1) is 19.5. The first-order valence-electron chi connectivity index (χ1n) is 8.50. The normalized spacial score (nSPS) is 10.6. The van der Waals surface area contributed by atoms with Gasteiger partial charge in [-0.15, -0.1) is 0 Å². The number of hydrazone groups is 1. The van der Waals surface area contributed by atoms with Crippen molar-refractivity contribution in [2.75, 3.05) is 0 Å². The van der Waals surface area contributed by atoms with Crippen LogP contribution in [0.3, 0.4) is 0 Å². The molecule has 140 valence electrons. The molecular formula is C22H17BrN2O3. The Morgan fingerprint density at radius 3 is 2.46 bits per heavy atom. The molecule has 5 nitrogen and oxygen atoms in total. The number of ether oxygens (including phenoxy) is 1. The van der Waals surface area contributed by atoms with Crippen LogP contribution in [0.4, 0.5) is 0 Å². The van der Waals surface area contributed by atoms with Gasteiger partial charge < -0.3 is 4.74 Å². The van der Waals surface area contributed by atoms with Crippen LogP contribution in [0, 0.1) is 6.92 Å². The minimum Gasteiger partial charge on any atom is -0.422 e. The topological polar surface area (TPSA) is 67.8 Å². The van der Waals surface area contributed by atoms with Crippen LogP contribution < -0.4 is 10.2 Å². The van der Waals surface area contributed by atoms with E-state index in [1.54, 1.807) is 54.6 Å². The van der Waals surface area contributed by atoms with E-state index < -0.39 is 5.97 Å².